The van der Waals surface area contributed by atoms with Crippen LogP contribution >= 0.6 is 0 Å². The molecule has 6 nitrogen and oxygen atoms in total. The standard InChI is InChI=1S/C16H22N2O4/c1-21-9-7-18(8-10-22-2)16(20)13-11-15(19)17-14-6-4-3-5-12(13)14/h3-6,13H,7-11H2,1-2H3,(H,17,19). The second-order valence-corrected chi connectivity index (χ2v) is 5.20. The molecule has 0 aliphatic carbocycles. The van der Waals surface area contributed by atoms with E-state index in [4.69, 9.17) is 9.47 Å². The minimum Gasteiger partial charge on any atom is -0.383 e. The van der Waals surface area contributed by atoms with E-state index in [1.807, 2.05) is 24.3 Å². The number of para-hydroxylation sites is 1. The Morgan fingerprint density at radius 3 is 2.50 bits per heavy atom. The van der Waals surface area contributed by atoms with E-state index in [9.17, 15) is 9.59 Å². The maximum Gasteiger partial charge on any atom is 0.230 e. The van der Waals surface area contributed by atoms with Gasteiger partial charge >= 0.3 is 0 Å². The SMILES string of the molecule is COCCN(CCOC)C(=O)C1CC(=O)Nc2ccccc21. The Morgan fingerprint density at radius 2 is 1.86 bits per heavy atom. The Bertz CT molecular complexity index is 525. The van der Waals surface area contributed by atoms with Gasteiger partial charge in [0.05, 0.1) is 19.1 Å². The van der Waals surface area contributed by atoms with Crippen molar-refractivity contribution in [3.8, 4) is 0 Å². The molecule has 0 saturated heterocycles. The molecule has 1 atom stereocenters. The van der Waals surface area contributed by atoms with Crippen LogP contribution in [-0.4, -0.2) is 57.2 Å². The average molecular weight is 306 g/mol. The molecule has 1 aliphatic heterocycles. The van der Waals surface area contributed by atoms with Crippen molar-refractivity contribution >= 4 is 17.5 Å². The summed E-state index contributed by atoms with van der Waals surface area (Å²) >= 11 is 0. The number of amides is 2. The normalized spacial score (nSPS) is 16.8. The fourth-order valence-corrected chi connectivity index (χ4v) is 2.59. The molecule has 1 aliphatic rings. The van der Waals surface area contributed by atoms with Crippen LogP contribution in [0.5, 0.6) is 0 Å². The molecular formula is C16H22N2O4. The van der Waals surface area contributed by atoms with Gasteiger partial charge in [0.2, 0.25) is 11.8 Å². The van der Waals surface area contributed by atoms with E-state index in [0.717, 1.165) is 11.3 Å². The van der Waals surface area contributed by atoms with Crippen molar-refractivity contribution in [3.05, 3.63) is 29.8 Å². The monoisotopic (exact) mass is 306 g/mol. The van der Waals surface area contributed by atoms with Gasteiger partial charge in [0.1, 0.15) is 0 Å². The molecule has 120 valence electrons. The fourth-order valence-electron chi connectivity index (χ4n) is 2.59. The van der Waals surface area contributed by atoms with Crippen molar-refractivity contribution in [3.63, 3.8) is 0 Å². The first-order valence-electron chi connectivity index (χ1n) is 7.32. The number of ether oxygens (including phenoxy) is 2. The Labute approximate surface area is 130 Å². The molecule has 0 saturated carbocycles. The van der Waals surface area contributed by atoms with Crippen LogP contribution in [0.2, 0.25) is 0 Å². The number of benzene rings is 1. The van der Waals surface area contributed by atoms with E-state index in [0.29, 0.717) is 26.3 Å². The van der Waals surface area contributed by atoms with Crippen molar-refractivity contribution < 1.29 is 19.1 Å². The van der Waals surface area contributed by atoms with Crippen LogP contribution in [0.4, 0.5) is 5.69 Å². The third kappa shape index (κ3) is 3.84. The van der Waals surface area contributed by atoms with Gasteiger partial charge in [-0.3, -0.25) is 9.59 Å². The molecule has 0 fully saturated rings. The van der Waals surface area contributed by atoms with Crippen LogP contribution in [0.3, 0.4) is 0 Å². The van der Waals surface area contributed by atoms with E-state index >= 15 is 0 Å². The van der Waals surface area contributed by atoms with Gasteiger partial charge in [0.25, 0.3) is 0 Å². The van der Waals surface area contributed by atoms with E-state index < -0.39 is 5.92 Å². The molecule has 1 N–H and O–H groups in total. The van der Waals surface area contributed by atoms with Gasteiger partial charge in [0.15, 0.2) is 0 Å². The van der Waals surface area contributed by atoms with Crippen LogP contribution in [0, 0.1) is 0 Å². The first-order chi connectivity index (χ1) is 10.7. The minimum absolute atomic E-state index is 0.0589. The molecule has 22 heavy (non-hydrogen) atoms. The maximum absolute atomic E-state index is 12.9. The van der Waals surface area contributed by atoms with E-state index in [1.165, 1.54) is 0 Å². The fraction of sp³-hybridized carbons (Fsp3) is 0.500. The predicted octanol–water partition coefficient (Wildman–Crippen LogP) is 1.23. The summed E-state index contributed by atoms with van der Waals surface area (Å²) in [5.41, 5.74) is 1.59. The molecule has 1 aromatic carbocycles. The third-order valence-corrected chi connectivity index (χ3v) is 3.74. The zero-order chi connectivity index (χ0) is 15.9. The zero-order valence-electron chi connectivity index (χ0n) is 13.0. The Morgan fingerprint density at radius 1 is 1.23 bits per heavy atom. The number of anilines is 1. The molecule has 2 amide bonds. The number of fused-ring (bicyclic) bond motifs is 1. The summed E-state index contributed by atoms with van der Waals surface area (Å²) in [4.78, 5) is 26.4. The Hall–Kier alpha value is -1.92. The first-order valence-corrected chi connectivity index (χ1v) is 7.32. The lowest BCUT2D eigenvalue weighted by Gasteiger charge is -2.30. The van der Waals surface area contributed by atoms with Crippen LogP contribution < -0.4 is 5.32 Å². The van der Waals surface area contributed by atoms with Crippen LogP contribution in [0.15, 0.2) is 24.3 Å². The van der Waals surface area contributed by atoms with Crippen LogP contribution in [-0.2, 0) is 19.1 Å². The van der Waals surface area contributed by atoms with Gasteiger partial charge in [-0.05, 0) is 11.6 Å². The molecule has 1 heterocycles. The summed E-state index contributed by atoms with van der Waals surface area (Å²) in [6.45, 7) is 1.88. The van der Waals surface area contributed by atoms with Gasteiger partial charge in [-0.2, -0.15) is 0 Å². The molecule has 2 rings (SSSR count). The Kier molecular flexibility index (Phi) is 5.91. The summed E-state index contributed by atoms with van der Waals surface area (Å²) in [7, 11) is 3.20. The topological polar surface area (TPSA) is 67.9 Å². The largest absolute Gasteiger partial charge is 0.383 e. The molecule has 6 heteroatoms. The van der Waals surface area contributed by atoms with Crippen molar-refractivity contribution in [1.29, 1.82) is 0 Å². The lowest BCUT2D eigenvalue weighted by molar-refractivity contribution is -0.136. The summed E-state index contributed by atoms with van der Waals surface area (Å²) < 4.78 is 10.1. The van der Waals surface area contributed by atoms with E-state index in [-0.39, 0.29) is 18.2 Å². The molecular weight excluding hydrogens is 284 g/mol. The molecule has 0 spiro atoms. The smallest absolute Gasteiger partial charge is 0.230 e. The Balaban J connectivity index is 2.20. The minimum atomic E-state index is -0.446. The molecule has 0 aromatic heterocycles. The highest BCUT2D eigenvalue weighted by Crippen LogP contribution is 2.33. The third-order valence-electron chi connectivity index (χ3n) is 3.74. The quantitative estimate of drug-likeness (QED) is 0.823. The summed E-state index contributed by atoms with van der Waals surface area (Å²) in [6, 6.07) is 7.44. The number of hydrogen-bond acceptors (Lipinski definition) is 4. The molecule has 1 aromatic rings. The zero-order valence-corrected chi connectivity index (χ0v) is 13.0. The number of nitrogens with one attached hydrogen (secondary N) is 1. The molecule has 0 radical (unpaired) electrons. The van der Waals surface area contributed by atoms with Crippen LogP contribution in [0.25, 0.3) is 0 Å². The van der Waals surface area contributed by atoms with Gasteiger partial charge in [0, 0.05) is 39.4 Å². The van der Waals surface area contributed by atoms with Crippen molar-refractivity contribution in [1.82, 2.24) is 4.90 Å². The average Bonchev–Trinajstić information content (AvgIpc) is 2.53. The van der Waals surface area contributed by atoms with E-state index in [2.05, 4.69) is 5.32 Å². The predicted molar refractivity (Wildman–Crippen MR) is 82.8 cm³/mol. The number of nitrogens with zero attached hydrogens (tertiary/aromatic N) is 1. The maximum atomic E-state index is 12.9. The van der Waals surface area contributed by atoms with E-state index in [1.54, 1.807) is 19.1 Å². The molecule has 0 bridgehead atoms. The van der Waals surface area contributed by atoms with Gasteiger partial charge in [-0.15, -0.1) is 0 Å². The van der Waals surface area contributed by atoms with Crippen molar-refractivity contribution in [2.45, 2.75) is 12.3 Å². The highest BCUT2D eigenvalue weighted by molar-refractivity contribution is 6.01. The number of carbonyl (C=O) groups excluding carboxylic acids is 2. The number of methoxy groups -OCH3 is 2. The highest BCUT2D eigenvalue weighted by atomic mass is 16.5. The molecule has 1 unspecified atom stereocenters. The highest BCUT2D eigenvalue weighted by Gasteiger charge is 2.33. The second kappa shape index (κ2) is 7.91. The van der Waals surface area contributed by atoms with Gasteiger partial charge in [-0.25, -0.2) is 0 Å². The number of rotatable bonds is 7. The van der Waals surface area contributed by atoms with Gasteiger partial charge in [-0.1, -0.05) is 18.2 Å². The number of carbonyl (C=O) groups is 2. The lowest BCUT2D eigenvalue weighted by atomic mass is 9.89. The summed E-state index contributed by atoms with van der Waals surface area (Å²) in [5, 5.41) is 2.81. The van der Waals surface area contributed by atoms with Gasteiger partial charge < -0.3 is 19.7 Å². The lowest BCUT2D eigenvalue weighted by Crippen LogP contribution is -2.41. The second-order valence-electron chi connectivity index (χ2n) is 5.20. The number of hydrogen-bond donors (Lipinski definition) is 1. The van der Waals surface area contributed by atoms with Crippen molar-refractivity contribution in [2.24, 2.45) is 0 Å². The summed E-state index contributed by atoms with van der Waals surface area (Å²) in [6.07, 6.45) is 0.173. The first kappa shape index (κ1) is 16.5. The van der Waals surface area contributed by atoms with Crippen molar-refractivity contribution in [2.75, 3.05) is 45.8 Å². The van der Waals surface area contributed by atoms with Crippen LogP contribution in [0.1, 0.15) is 17.9 Å². The summed E-state index contributed by atoms with van der Waals surface area (Å²) in [5.74, 6) is -0.634.